The molecule has 0 saturated carbocycles. The maximum Gasteiger partial charge on any atom is 0.154 e. The molecule has 6 heteroatoms. The van der Waals surface area contributed by atoms with Gasteiger partial charge in [0.05, 0.1) is 12.2 Å². The minimum Gasteiger partial charge on any atom is -0.507 e. The fraction of sp³-hybridized carbons (Fsp3) is 0.500. The second-order valence-corrected chi connectivity index (χ2v) is 7.71. The predicted molar refractivity (Wildman–Crippen MR) is 104 cm³/mol. The number of hydrogen-bond acceptors (Lipinski definition) is 5. The third-order valence-corrected chi connectivity index (χ3v) is 5.88. The lowest BCUT2D eigenvalue weighted by Gasteiger charge is -2.35. The summed E-state index contributed by atoms with van der Waals surface area (Å²) in [5, 5.41) is 39.7. The van der Waals surface area contributed by atoms with Gasteiger partial charge in [0.25, 0.3) is 0 Å². The van der Waals surface area contributed by atoms with Crippen molar-refractivity contribution in [1.29, 1.82) is 5.26 Å². The van der Waals surface area contributed by atoms with Gasteiger partial charge in [0.2, 0.25) is 0 Å². The van der Waals surface area contributed by atoms with E-state index in [9.17, 15) is 19.7 Å². The lowest BCUT2D eigenvalue weighted by atomic mass is 9.85. The molecule has 150 valence electrons. The summed E-state index contributed by atoms with van der Waals surface area (Å²) >= 11 is 0. The van der Waals surface area contributed by atoms with E-state index in [1.165, 1.54) is 18.2 Å². The molecule has 1 aliphatic carbocycles. The Morgan fingerprint density at radius 2 is 1.82 bits per heavy atom. The van der Waals surface area contributed by atoms with E-state index in [-0.39, 0.29) is 23.3 Å². The van der Waals surface area contributed by atoms with Crippen LogP contribution >= 0.6 is 0 Å². The number of rotatable bonds is 5. The first-order chi connectivity index (χ1) is 13.5. The van der Waals surface area contributed by atoms with Crippen molar-refractivity contribution in [3.63, 3.8) is 0 Å². The molecule has 1 aliphatic heterocycles. The van der Waals surface area contributed by atoms with Gasteiger partial charge >= 0.3 is 0 Å². The molecule has 5 nitrogen and oxygen atoms in total. The SMILES string of the molecule is N#CC1CCC(C(O)C2CCN(CCc3ccc(F)cc3)CC2)=CC(O)=C1O. The largest absolute Gasteiger partial charge is 0.507 e. The number of likely N-dealkylation sites (tertiary alicyclic amines) is 1. The van der Waals surface area contributed by atoms with Crippen molar-refractivity contribution in [2.24, 2.45) is 11.8 Å². The summed E-state index contributed by atoms with van der Waals surface area (Å²) in [6.45, 7) is 2.66. The molecule has 1 aromatic carbocycles. The summed E-state index contributed by atoms with van der Waals surface area (Å²) in [7, 11) is 0. The first-order valence-corrected chi connectivity index (χ1v) is 9.85. The number of nitrogens with zero attached hydrogens (tertiary/aromatic N) is 2. The van der Waals surface area contributed by atoms with Crippen molar-refractivity contribution >= 4 is 0 Å². The molecular weight excluding hydrogens is 359 g/mol. The Morgan fingerprint density at radius 3 is 2.46 bits per heavy atom. The molecule has 3 N–H and O–H groups in total. The highest BCUT2D eigenvalue weighted by molar-refractivity contribution is 5.29. The highest BCUT2D eigenvalue weighted by Crippen LogP contribution is 2.32. The summed E-state index contributed by atoms with van der Waals surface area (Å²) < 4.78 is 13.0. The highest BCUT2D eigenvalue weighted by Gasteiger charge is 2.30. The Kier molecular flexibility index (Phi) is 6.71. The van der Waals surface area contributed by atoms with Crippen molar-refractivity contribution in [3.8, 4) is 6.07 Å². The summed E-state index contributed by atoms with van der Waals surface area (Å²) in [5.74, 6) is -1.46. The van der Waals surface area contributed by atoms with E-state index < -0.39 is 12.0 Å². The minimum absolute atomic E-state index is 0.0990. The fourth-order valence-electron chi connectivity index (χ4n) is 4.04. The van der Waals surface area contributed by atoms with Crippen LogP contribution < -0.4 is 0 Å². The second-order valence-electron chi connectivity index (χ2n) is 7.71. The first kappa shape index (κ1) is 20.4. The van der Waals surface area contributed by atoms with Crippen LogP contribution in [-0.2, 0) is 6.42 Å². The molecule has 3 rings (SSSR count). The van der Waals surface area contributed by atoms with Crippen LogP contribution in [0.3, 0.4) is 0 Å². The molecule has 2 aliphatic rings. The van der Waals surface area contributed by atoms with Crippen LogP contribution in [0.2, 0.25) is 0 Å². The molecule has 1 heterocycles. The molecule has 0 aromatic heterocycles. The van der Waals surface area contributed by atoms with E-state index in [1.807, 2.05) is 18.2 Å². The summed E-state index contributed by atoms with van der Waals surface area (Å²) in [5.41, 5.74) is 1.80. The van der Waals surface area contributed by atoms with Crippen LogP contribution in [0.25, 0.3) is 0 Å². The van der Waals surface area contributed by atoms with E-state index >= 15 is 0 Å². The van der Waals surface area contributed by atoms with E-state index in [0.717, 1.165) is 44.5 Å². The van der Waals surface area contributed by atoms with Gasteiger partial charge in [-0.3, -0.25) is 0 Å². The van der Waals surface area contributed by atoms with Crippen LogP contribution in [0.15, 0.2) is 47.4 Å². The summed E-state index contributed by atoms with van der Waals surface area (Å²) in [4.78, 5) is 2.35. The molecule has 1 saturated heterocycles. The van der Waals surface area contributed by atoms with E-state index in [4.69, 9.17) is 5.26 Å². The molecule has 28 heavy (non-hydrogen) atoms. The first-order valence-electron chi connectivity index (χ1n) is 9.85. The van der Waals surface area contributed by atoms with Crippen LogP contribution in [0, 0.1) is 29.0 Å². The molecule has 2 atom stereocenters. The fourth-order valence-corrected chi connectivity index (χ4v) is 4.04. The van der Waals surface area contributed by atoms with Gasteiger partial charge in [0.15, 0.2) is 11.5 Å². The summed E-state index contributed by atoms with van der Waals surface area (Å²) in [6, 6.07) is 8.58. The average Bonchev–Trinajstić information content (AvgIpc) is 2.86. The van der Waals surface area contributed by atoms with Crippen molar-refractivity contribution in [2.45, 2.75) is 38.2 Å². The number of aliphatic hydroxyl groups is 3. The van der Waals surface area contributed by atoms with Crippen molar-refractivity contribution in [3.05, 3.63) is 58.8 Å². The molecule has 0 amide bonds. The van der Waals surface area contributed by atoms with Crippen LogP contribution in [0.4, 0.5) is 4.39 Å². The highest BCUT2D eigenvalue weighted by atomic mass is 19.1. The monoisotopic (exact) mass is 386 g/mol. The standard InChI is InChI=1S/C22H27FN2O3/c23-19-5-1-15(2-6-19)7-10-25-11-8-16(9-12-25)21(27)17-3-4-18(14-24)22(28)20(26)13-17/h1-2,5-6,13,16,18,21,26-28H,3-4,7-12H2. The normalized spacial score (nSPS) is 23.0. The zero-order valence-electron chi connectivity index (χ0n) is 15.9. The van der Waals surface area contributed by atoms with E-state index in [1.54, 1.807) is 0 Å². The van der Waals surface area contributed by atoms with E-state index in [0.29, 0.717) is 18.4 Å². The van der Waals surface area contributed by atoms with Crippen molar-refractivity contribution in [1.82, 2.24) is 4.90 Å². The summed E-state index contributed by atoms with van der Waals surface area (Å²) in [6.07, 6.45) is 4.20. The lowest BCUT2D eigenvalue weighted by molar-refractivity contribution is 0.0803. The zero-order valence-corrected chi connectivity index (χ0v) is 15.9. The van der Waals surface area contributed by atoms with Crippen molar-refractivity contribution in [2.75, 3.05) is 19.6 Å². The van der Waals surface area contributed by atoms with Gasteiger partial charge in [-0.15, -0.1) is 0 Å². The molecule has 1 aromatic rings. The zero-order chi connectivity index (χ0) is 20.1. The predicted octanol–water partition coefficient (Wildman–Crippen LogP) is 3.63. The van der Waals surface area contributed by atoms with Crippen LogP contribution in [0.5, 0.6) is 0 Å². The second kappa shape index (κ2) is 9.22. The third kappa shape index (κ3) is 4.92. The van der Waals surface area contributed by atoms with Crippen LogP contribution in [-0.4, -0.2) is 46.0 Å². The van der Waals surface area contributed by atoms with E-state index in [2.05, 4.69) is 4.90 Å². The quantitative estimate of drug-likeness (QED) is 0.719. The number of hydrogen-bond donors (Lipinski definition) is 3. The van der Waals surface area contributed by atoms with Gasteiger partial charge in [-0.25, -0.2) is 4.39 Å². The van der Waals surface area contributed by atoms with Gasteiger partial charge in [-0.1, -0.05) is 12.1 Å². The molecule has 0 spiro atoms. The minimum atomic E-state index is -0.728. The topological polar surface area (TPSA) is 87.7 Å². The maximum absolute atomic E-state index is 13.0. The Balaban J connectivity index is 1.51. The number of nitriles is 1. The third-order valence-electron chi connectivity index (χ3n) is 5.88. The number of piperidine rings is 1. The molecule has 1 fully saturated rings. The average molecular weight is 386 g/mol. The van der Waals surface area contributed by atoms with Crippen LogP contribution in [0.1, 0.15) is 31.2 Å². The number of benzene rings is 1. The smallest absolute Gasteiger partial charge is 0.154 e. The van der Waals surface area contributed by atoms with Gasteiger partial charge in [0, 0.05) is 6.54 Å². The lowest BCUT2D eigenvalue weighted by Crippen LogP contribution is -2.39. The Morgan fingerprint density at radius 1 is 1.14 bits per heavy atom. The number of allylic oxidation sites excluding steroid dienone is 2. The maximum atomic E-state index is 13.0. The molecule has 0 radical (unpaired) electrons. The van der Waals surface area contributed by atoms with Gasteiger partial charge in [-0.05, 0) is 80.5 Å². The Hall–Kier alpha value is -2.36. The Labute approximate surface area is 165 Å². The molecular formula is C22H27FN2O3. The van der Waals surface area contributed by atoms with Gasteiger partial charge < -0.3 is 20.2 Å². The van der Waals surface area contributed by atoms with Crippen molar-refractivity contribution < 1.29 is 19.7 Å². The molecule has 2 unspecified atom stereocenters. The van der Waals surface area contributed by atoms with Gasteiger partial charge in [-0.2, -0.15) is 5.26 Å². The number of halogens is 1. The Bertz CT molecular complexity index is 774. The van der Waals surface area contributed by atoms with Gasteiger partial charge in [0.1, 0.15) is 11.7 Å². The number of aliphatic hydroxyl groups excluding tert-OH is 3. The molecule has 0 bridgehead atoms.